The molecule has 1 aromatic heterocycles. The van der Waals surface area contributed by atoms with E-state index in [-0.39, 0.29) is 11.2 Å². The third kappa shape index (κ3) is 4.44. The van der Waals surface area contributed by atoms with E-state index in [0.717, 1.165) is 20.7 Å². The average Bonchev–Trinajstić information content (AvgIpc) is 3.00. The third-order valence-corrected chi connectivity index (χ3v) is 5.80. The van der Waals surface area contributed by atoms with Gasteiger partial charge in [0, 0.05) is 0 Å². The van der Waals surface area contributed by atoms with E-state index in [0.29, 0.717) is 6.54 Å². The Labute approximate surface area is 164 Å². The van der Waals surface area contributed by atoms with Crippen molar-refractivity contribution in [1.29, 1.82) is 0 Å². The van der Waals surface area contributed by atoms with Gasteiger partial charge in [-0.05, 0) is 66.1 Å². The fourth-order valence-electron chi connectivity index (χ4n) is 2.66. The number of carbonyl (C=O) groups is 1. The van der Waals surface area contributed by atoms with Crippen molar-refractivity contribution in [3.8, 4) is 0 Å². The van der Waals surface area contributed by atoms with Crippen LogP contribution in [-0.4, -0.2) is 35.0 Å². The highest BCUT2D eigenvalue weighted by atomic mass is 32.1. The van der Waals surface area contributed by atoms with Crippen molar-refractivity contribution in [3.05, 3.63) is 23.2 Å². The summed E-state index contributed by atoms with van der Waals surface area (Å²) in [4.78, 5) is 16.4. The quantitative estimate of drug-likeness (QED) is 0.811. The van der Waals surface area contributed by atoms with Gasteiger partial charge in [0.15, 0.2) is 0 Å². The topological polar surface area (TPSA) is 69.7 Å². The lowest BCUT2D eigenvalue weighted by molar-refractivity contribution is 0.00578. The molecule has 1 aliphatic rings. The molecule has 1 N–H and O–H groups in total. The van der Waals surface area contributed by atoms with Crippen LogP contribution >= 0.6 is 11.3 Å². The summed E-state index contributed by atoms with van der Waals surface area (Å²) in [7, 11) is -0.413. The monoisotopic (exact) mass is 390 g/mol. The number of hydrogen-bond acceptors (Lipinski definition) is 6. The molecule has 8 heteroatoms. The van der Waals surface area contributed by atoms with Gasteiger partial charge in [0.05, 0.1) is 28.0 Å². The Hall–Kier alpha value is -1.64. The average molecular weight is 390 g/mol. The highest BCUT2D eigenvalue weighted by Crippen LogP contribution is 2.36. The fraction of sp³-hybridized carbons (Fsp3) is 0.579. The number of nitrogens with zero attached hydrogens (tertiary/aromatic N) is 1. The third-order valence-electron chi connectivity index (χ3n) is 4.76. The molecule has 0 atom stereocenters. The van der Waals surface area contributed by atoms with Crippen LogP contribution in [0.3, 0.4) is 0 Å². The first kappa shape index (κ1) is 20.1. The van der Waals surface area contributed by atoms with Gasteiger partial charge < -0.3 is 19.4 Å². The molecule has 3 rings (SSSR count). The van der Waals surface area contributed by atoms with Crippen molar-refractivity contribution < 1.29 is 18.8 Å². The molecular weight excluding hydrogens is 363 g/mol. The van der Waals surface area contributed by atoms with Gasteiger partial charge in [0.2, 0.25) is 0 Å². The molecule has 0 bridgehead atoms. The number of amides is 1. The molecule has 1 amide bonds. The molecule has 0 saturated carbocycles. The smallest absolute Gasteiger partial charge is 0.444 e. The summed E-state index contributed by atoms with van der Waals surface area (Å²) in [5, 5.41) is 3.57. The molecular formula is C19H27BN2O4S. The van der Waals surface area contributed by atoms with E-state index in [1.54, 1.807) is 11.3 Å². The minimum atomic E-state index is -0.518. The summed E-state index contributed by atoms with van der Waals surface area (Å²) in [6, 6.07) is 6.02. The van der Waals surface area contributed by atoms with Gasteiger partial charge in [0.25, 0.3) is 0 Å². The zero-order valence-electron chi connectivity index (χ0n) is 17.0. The maximum atomic E-state index is 11.8. The molecule has 1 aromatic carbocycles. The van der Waals surface area contributed by atoms with Crippen molar-refractivity contribution in [2.75, 3.05) is 0 Å². The highest BCUT2D eigenvalue weighted by molar-refractivity contribution is 7.18. The highest BCUT2D eigenvalue weighted by Gasteiger charge is 2.51. The predicted molar refractivity (Wildman–Crippen MR) is 108 cm³/mol. The second-order valence-electron chi connectivity index (χ2n) is 8.78. The number of hydrogen-bond donors (Lipinski definition) is 1. The van der Waals surface area contributed by atoms with E-state index in [9.17, 15) is 4.79 Å². The minimum Gasteiger partial charge on any atom is -0.444 e. The lowest BCUT2D eigenvalue weighted by Crippen LogP contribution is -2.41. The molecule has 6 nitrogen and oxygen atoms in total. The fourth-order valence-corrected chi connectivity index (χ4v) is 3.54. The largest absolute Gasteiger partial charge is 0.494 e. The van der Waals surface area contributed by atoms with Crippen molar-refractivity contribution >= 4 is 40.2 Å². The summed E-state index contributed by atoms with van der Waals surface area (Å²) in [6.45, 7) is 14.0. The van der Waals surface area contributed by atoms with Crippen LogP contribution in [0.1, 0.15) is 53.5 Å². The standard InChI is InChI=1S/C19H27BN2O4S/c1-17(2,3)24-16(23)21-11-15-22-13-10-12(8-9-14(13)27-15)20-25-18(4,5)19(6,7)26-20/h8-10H,11H2,1-7H3,(H,21,23). The van der Waals surface area contributed by atoms with E-state index in [1.807, 2.05) is 66.7 Å². The SMILES string of the molecule is CC(C)(C)OC(=O)NCc1nc2cc(B3OC(C)(C)C(C)(C)O3)ccc2s1. The molecule has 1 fully saturated rings. The van der Waals surface area contributed by atoms with Gasteiger partial charge in [-0.3, -0.25) is 0 Å². The lowest BCUT2D eigenvalue weighted by Gasteiger charge is -2.32. The number of rotatable bonds is 3. The Morgan fingerprint density at radius 3 is 2.44 bits per heavy atom. The van der Waals surface area contributed by atoms with Gasteiger partial charge in [0.1, 0.15) is 10.6 Å². The van der Waals surface area contributed by atoms with Crippen LogP contribution in [0.5, 0.6) is 0 Å². The molecule has 0 spiro atoms. The van der Waals surface area contributed by atoms with Crippen molar-refractivity contribution in [2.45, 2.75) is 71.8 Å². The molecule has 0 radical (unpaired) electrons. The zero-order valence-corrected chi connectivity index (χ0v) is 17.8. The number of carbonyl (C=O) groups excluding carboxylic acids is 1. The Morgan fingerprint density at radius 2 is 1.85 bits per heavy atom. The Balaban J connectivity index is 1.71. The molecule has 1 aliphatic heterocycles. The van der Waals surface area contributed by atoms with Gasteiger partial charge in [-0.25, -0.2) is 9.78 Å². The molecule has 146 valence electrons. The number of benzene rings is 1. The predicted octanol–water partition coefficient (Wildman–Crippen LogP) is 3.62. The summed E-state index contributed by atoms with van der Waals surface area (Å²) in [5.41, 5.74) is 0.537. The number of nitrogens with one attached hydrogen (secondary N) is 1. The van der Waals surface area contributed by atoms with Gasteiger partial charge in [-0.15, -0.1) is 11.3 Å². The van der Waals surface area contributed by atoms with E-state index in [1.165, 1.54) is 0 Å². The Morgan fingerprint density at radius 1 is 1.22 bits per heavy atom. The van der Waals surface area contributed by atoms with Crippen molar-refractivity contribution in [1.82, 2.24) is 10.3 Å². The second kappa shape index (κ2) is 6.76. The molecule has 0 aliphatic carbocycles. The van der Waals surface area contributed by atoms with Crippen LogP contribution in [0, 0.1) is 0 Å². The zero-order chi connectivity index (χ0) is 20.0. The Bertz CT molecular complexity index is 841. The van der Waals surface area contributed by atoms with Gasteiger partial charge in [-0.2, -0.15) is 0 Å². The van der Waals surface area contributed by atoms with E-state index in [2.05, 4.69) is 10.3 Å². The minimum absolute atomic E-state index is 0.333. The molecule has 2 aromatic rings. The number of fused-ring (bicyclic) bond motifs is 1. The van der Waals surface area contributed by atoms with Crippen LogP contribution < -0.4 is 10.8 Å². The number of thiazole rings is 1. The van der Waals surface area contributed by atoms with Crippen molar-refractivity contribution in [3.63, 3.8) is 0 Å². The van der Waals surface area contributed by atoms with Gasteiger partial charge in [-0.1, -0.05) is 6.07 Å². The summed E-state index contributed by atoms with van der Waals surface area (Å²) in [5.74, 6) is 0. The van der Waals surface area contributed by atoms with Crippen LogP contribution in [0.25, 0.3) is 10.2 Å². The number of alkyl carbamates (subject to hydrolysis) is 1. The van der Waals surface area contributed by atoms with Crippen LogP contribution in [0.4, 0.5) is 4.79 Å². The summed E-state index contributed by atoms with van der Waals surface area (Å²) >= 11 is 1.55. The van der Waals surface area contributed by atoms with Crippen LogP contribution in [-0.2, 0) is 20.6 Å². The van der Waals surface area contributed by atoms with E-state index in [4.69, 9.17) is 14.0 Å². The first-order valence-electron chi connectivity index (χ1n) is 9.08. The number of ether oxygens (including phenoxy) is 1. The molecule has 27 heavy (non-hydrogen) atoms. The van der Waals surface area contributed by atoms with Crippen molar-refractivity contribution in [2.24, 2.45) is 0 Å². The molecule has 0 unspecified atom stereocenters. The molecule has 1 saturated heterocycles. The van der Waals surface area contributed by atoms with Crippen LogP contribution in [0.2, 0.25) is 0 Å². The molecule has 2 heterocycles. The maximum absolute atomic E-state index is 11.8. The first-order valence-corrected chi connectivity index (χ1v) is 9.90. The first-order chi connectivity index (χ1) is 12.4. The van der Waals surface area contributed by atoms with E-state index < -0.39 is 18.8 Å². The maximum Gasteiger partial charge on any atom is 0.494 e. The summed E-state index contributed by atoms with van der Waals surface area (Å²) < 4.78 is 18.5. The Kier molecular flexibility index (Phi) is 5.03. The van der Waals surface area contributed by atoms with Crippen LogP contribution in [0.15, 0.2) is 18.2 Å². The second-order valence-corrected chi connectivity index (χ2v) is 9.89. The summed E-state index contributed by atoms with van der Waals surface area (Å²) in [6.07, 6.45) is -0.445. The van der Waals surface area contributed by atoms with Gasteiger partial charge >= 0.3 is 13.2 Å². The van der Waals surface area contributed by atoms with E-state index >= 15 is 0 Å². The normalized spacial score (nSPS) is 18.7. The number of aromatic nitrogens is 1. The lowest BCUT2D eigenvalue weighted by atomic mass is 9.79.